The van der Waals surface area contributed by atoms with Crippen LogP contribution in [0.15, 0.2) is 43.0 Å². The number of aromatic nitrogens is 2. The smallest absolute Gasteiger partial charge is 0.253 e. The first-order valence-corrected chi connectivity index (χ1v) is 6.18. The van der Waals surface area contributed by atoms with E-state index in [4.69, 9.17) is 0 Å². The molecule has 0 radical (unpaired) electrons. The van der Waals surface area contributed by atoms with Gasteiger partial charge >= 0.3 is 0 Å². The Kier molecular flexibility index (Phi) is 4.12. The van der Waals surface area contributed by atoms with Crippen molar-refractivity contribution in [3.8, 4) is 5.69 Å². The van der Waals surface area contributed by atoms with E-state index < -0.39 is 0 Å². The van der Waals surface area contributed by atoms with E-state index in [9.17, 15) is 4.79 Å². The van der Waals surface area contributed by atoms with Gasteiger partial charge in [0.05, 0.1) is 17.6 Å². The molecule has 1 heterocycles. The molecule has 4 heteroatoms. The fourth-order valence-electron chi connectivity index (χ4n) is 1.77. The van der Waals surface area contributed by atoms with E-state index in [1.807, 2.05) is 35.0 Å². The third kappa shape index (κ3) is 2.77. The van der Waals surface area contributed by atoms with Gasteiger partial charge in [-0.15, -0.1) is 0 Å². The van der Waals surface area contributed by atoms with Crippen molar-refractivity contribution < 1.29 is 4.79 Å². The molecule has 0 saturated carbocycles. The van der Waals surface area contributed by atoms with Gasteiger partial charge in [-0.1, -0.05) is 25.5 Å². The molecule has 0 saturated heterocycles. The Hall–Kier alpha value is -2.10. The zero-order valence-electron chi connectivity index (χ0n) is 10.5. The average molecular weight is 243 g/mol. The molecule has 0 fully saturated rings. The summed E-state index contributed by atoms with van der Waals surface area (Å²) in [7, 11) is 0. The molecule has 4 nitrogen and oxygen atoms in total. The largest absolute Gasteiger partial charge is 0.352 e. The lowest BCUT2D eigenvalue weighted by molar-refractivity contribution is 0.0953. The molecular weight excluding hydrogens is 226 g/mol. The number of unbranched alkanes of at least 4 members (excludes halogenated alkanes) is 1. The van der Waals surface area contributed by atoms with Crippen LogP contribution in [0.1, 0.15) is 30.1 Å². The predicted octanol–water partition coefficient (Wildman–Crippen LogP) is 2.40. The normalized spacial score (nSPS) is 10.3. The fourth-order valence-corrected chi connectivity index (χ4v) is 1.77. The molecule has 0 spiro atoms. The second-order valence-corrected chi connectivity index (χ2v) is 4.10. The quantitative estimate of drug-likeness (QED) is 0.820. The number of nitrogens with zero attached hydrogens (tertiary/aromatic N) is 2. The van der Waals surface area contributed by atoms with Gasteiger partial charge in [0.15, 0.2) is 0 Å². The maximum Gasteiger partial charge on any atom is 0.253 e. The van der Waals surface area contributed by atoms with Crippen molar-refractivity contribution in [3.63, 3.8) is 0 Å². The van der Waals surface area contributed by atoms with Crippen molar-refractivity contribution in [1.29, 1.82) is 0 Å². The van der Waals surface area contributed by atoms with Gasteiger partial charge in [0.2, 0.25) is 0 Å². The van der Waals surface area contributed by atoms with Crippen LogP contribution < -0.4 is 5.32 Å². The summed E-state index contributed by atoms with van der Waals surface area (Å²) in [5.41, 5.74) is 1.52. The Morgan fingerprint density at radius 3 is 2.94 bits per heavy atom. The van der Waals surface area contributed by atoms with Gasteiger partial charge in [-0.2, -0.15) is 0 Å². The molecule has 2 rings (SSSR count). The summed E-state index contributed by atoms with van der Waals surface area (Å²) in [6, 6.07) is 7.53. The lowest BCUT2D eigenvalue weighted by atomic mass is 10.1. The lowest BCUT2D eigenvalue weighted by Crippen LogP contribution is -2.25. The maximum absolute atomic E-state index is 12.1. The number of carbonyl (C=O) groups excluding carboxylic acids is 1. The van der Waals surface area contributed by atoms with Crippen LogP contribution in [0.4, 0.5) is 0 Å². The highest BCUT2D eigenvalue weighted by Crippen LogP contribution is 2.13. The molecule has 2 aromatic rings. The van der Waals surface area contributed by atoms with E-state index in [0.29, 0.717) is 12.1 Å². The van der Waals surface area contributed by atoms with E-state index in [2.05, 4.69) is 17.2 Å². The first kappa shape index (κ1) is 12.4. The Labute approximate surface area is 107 Å². The molecular formula is C14H17N3O. The van der Waals surface area contributed by atoms with Crippen molar-refractivity contribution in [2.45, 2.75) is 19.8 Å². The Morgan fingerprint density at radius 1 is 1.39 bits per heavy atom. The predicted molar refractivity (Wildman–Crippen MR) is 70.8 cm³/mol. The van der Waals surface area contributed by atoms with Gasteiger partial charge in [-0.05, 0) is 18.6 Å². The monoisotopic (exact) mass is 243 g/mol. The SMILES string of the molecule is CCCCNC(=O)c1ccccc1-n1ccnc1. The number of imidazole rings is 1. The second-order valence-electron chi connectivity index (χ2n) is 4.10. The van der Waals surface area contributed by atoms with Gasteiger partial charge < -0.3 is 9.88 Å². The molecule has 94 valence electrons. The maximum atomic E-state index is 12.1. The van der Waals surface area contributed by atoms with Crippen molar-refractivity contribution in [3.05, 3.63) is 48.5 Å². The number of rotatable bonds is 5. The minimum atomic E-state index is -0.0345. The fraction of sp³-hybridized carbons (Fsp3) is 0.286. The van der Waals surface area contributed by atoms with Gasteiger partial charge in [0.25, 0.3) is 5.91 Å². The summed E-state index contributed by atoms with van der Waals surface area (Å²) in [5, 5.41) is 2.93. The number of hydrogen-bond donors (Lipinski definition) is 1. The third-order valence-corrected chi connectivity index (χ3v) is 2.75. The standard InChI is InChI=1S/C14H17N3O/c1-2-3-8-16-14(18)12-6-4-5-7-13(12)17-10-9-15-11-17/h4-7,9-11H,2-3,8H2,1H3,(H,16,18). The van der Waals surface area contributed by atoms with E-state index in [-0.39, 0.29) is 5.91 Å². The van der Waals surface area contributed by atoms with Crippen molar-refractivity contribution in [1.82, 2.24) is 14.9 Å². The van der Waals surface area contributed by atoms with Crippen LogP contribution in [0.25, 0.3) is 5.69 Å². The summed E-state index contributed by atoms with van der Waals surface area (Å²) in [6.07, 6.45) is 7.30. The molecule has 0 aliphatic carbocycles. The zero-order valence-corrected chi connectivity index (χ0v) is 10.5. The van der Waals surface area contributed by atoms with Crippen LogP contribution in [-0.4, -0.2) is 22.0 Å². The van der Waals surface area contributed by atoms with E-state index in [0.717, 1.165) is 18.5 Å². The van der Waals surface area contributed by atoms with Gasteiger partial charge in [-0.25, -0.2) is 4.98 Å². The first-order chi connectivity index (χ1) is 8.83. The minimum absolute atomic E-state index is 0.0345. The number of benzene rings is 1. The zero-order chi connectivity index (χ0) is 12.8. The van der Waals surface area contributed by atoms with Gasteiger partial charge in [-0.3, -0.25) is 4.79 Å². The summed E-state index contributed by atoms with van der Waals surface area (Å²) < 4.78 is 1.84. The summed E-state index contributed by atoms with van der Waals surface area (Å²) >= 11 is 0. The average Bonchev–Trinajstić information content (AvgIpc) is 2.93. The Morgan fingerprint density at radius 2 is 2.22 bits per heavy atom. The molecule has 1 aromatic carbocycles. The molecule has 1 aromatic heterocycles. The molecule has 0 aliphatic heterocycles. The number of amides is 1. The van der Waals surface area contributed by atoms with Gasteiger partial charge in [0, 0.05) is 18.9 Å². The lowest BCUT2D eigenvalue weighted by Gasteiger charge is -2.10. The minimum Gasteiger partial charge on any atom is -0.352 e. The summed E-state index contributed by atoms with van der Waals surface area (Å²) in [6.45, 7) is 2.82. The molecule has 18 heavy (non-hydrogen) atoms. The number of nitrogens with one attached hydrogen (secondary N) is 1. The van der Waals surface area contributed by atoms with Crippen LogP contribution in [0.2, 0.25) is 0 Å². The topological polar surface area (TPSA) is 46.9 Å². The Balaban J connectivity index is 2.20. The van der Waals surface area contributed by atoms with Crippen LogP contribution in [0.3, 0.4) is 0 Å². The molecule has 1 amide bonds. The molecule has 0 bridgehead atoms. The van der Waals surface area contributed by atoms with Crippen LogP contribution in [0, 0.1) is 0 Å². The van der Waals surface area contributed by atoms with E-state index in [1.54, 1.807) is 12.5 Å². The highest BCUT2D eigenvalue weighted by atomic mass is 16.1. The molecule has 0 atom stereocenters. The highest BCUT2D eigenvalue weighted by Gasteiger charge is 2.10. The second kappa shape index (κ2) is 6.00. The van der Waals surface area contributed by atoms with Crippen molar-refractivity contribution in [2.24, 2.45) is 0 Å². The van der Waals surface area contributed by atoms with Crippen LogP contribution in [0.5, 0.6) is 0 Å². The number of carbonyl (C=O) groups is 1. The molecule has 0 unspecified atom stereocenters. The van der Waals surface area contributed by atoms with E-state index in [1.165, 1.54) is 0 Å². The highest BCUT2D eigenvalue weighted by molar-refractivity contribution is 5.97. The van der Waals surface area contributed by atoms with Crippen LogP contribution >= 0.6 is 0 Å². The summed E-state index contributed by atoms with van der Waals surface area (Å²) in [5.74, 6) is -0.0345. The number of para-hydroxylation sites is 1. The number of hydrogen-bond acceptors (Lipinski definition) is 2. The van der Waals surface area contributed by atoms with Crippen LogP contribution in [-0.2, 0) is 0 Å². The first-order valence-electron chi connectivity index (χ1n) is 6.18. The third-order valence-electron chi connectivity index (χ3n) is 2.75. The molecule has 1 N–H and O–H groups in total. The van der Waals surface area contributed by atoms with Crippen molar-refractivity contribution in [2.75, 3.05) is 6.54 Å². The van der Waals surface area contributed by atoms with Gasteiger partial charge in [0.1, 0.15) is 0 Å². The molecule has 0 aliphatic rings. The Bertz CT molecular complexity index is 506. The van der Waals surface area contributed by atoms with Crippen molar-refractivity contribution >= 4 is 5.91 Å². The summed E-state index contributed by atoms with van der Waals surface area (Å²) in [4.78, 5) is 16.1. The van der Waals surface area contributed by atoms with E-state index >= 15 is 0 Å².